The minimum absolute atomic E-state index is 0.0754. The van der Waals surface area contributed by atoms with Crippen molar-refractivity contribution in [3.8, 4) is 11.5 Å². The van der Waals surface area contributed by atoms with E-state index >= 15 is 0 Å². The predicted molar refractivity (Wildman–Crippen MR) is 102 cm³/mol. The van der Waals surface area contributed by atoms with Gasteiger partial charge in [-0.3, -0.25) is 4.79 Å². The van der Waals surface area contributed by atoms with Crippen LogP contribution in [-0.2, 0) is 14.8 Å². The number of nitrogens with one attached hydrogen (secondary N) is 2. The maximum atomic E-state index is 12.4. The summed E-state index contributed by atoms with van der Waals surface area (Å²) < 4.78 is 38.1. The number of benzene rings is 2. The minimum Gasteiger partial charge on any atom is -0.493 e. The number of amides is 1. The second kappa shape index (κ2) is 8.52. The predicted octanol–water partition coefficient (Wildman–Crippen LogP) is 2.77. The summed E-state index contributed by atoms with van der Waals surface area (Å²) in [5, 5.41) is 2.64. The van der Waals surface area contributed by atoms with E-state index in [1.54, 1.807) is 30.3 Å². The van der Waals surface area contributed by atoms with Gasteiger partial charge in [-0.25, -0.2) is 8.42 Å². The molecule has 0 aliphatic carbocycles. The molecule has 9 heteroatoms. The Morgan fingerprint density at radius 2 is 1.65 bits per heavy atom. The lowest BCUT2D eigenvalue weighted by atomic mass is 10.2. The summed E-state index contributed by atoms with van der Waals surface area (Å²) >= 11 is 3.25. The molecule has 0 aliphatic heterocycles. The van der Waals surface area contributed by atoms with Gasteiger partial charge in [0.15, 0.2) is 11.5 Å². The minimum atomic E-state index is -3.81. The zero-order chi connectivity index (χ0) is 19.3. The molecule has 0 unspecified atom stereocenters. The summed E-state index contributed by atoms with van der Waals surface area (Å²) in [5.41, 5.74) is 0.460. The topological polar surface area (TPSA) is 93.7 Å². The van der Waals surface area contributed by atoms with E-state index in [2.05, 4.69) is 26.0 Å². The van der Waals surface area contributed by atoms with Crippen LogP contribution in [0.15, 0.2) is 51.8 Å². The van der Waals surface area contributed by atoms with Crippen molar-refractivity contribution < 1.29 is 22.7 Å². The molecule has 0 saturated heterocycles. The van der Waals surface area contributed by atoms with Crippen LogP contribution in [0.4, 0.5) is 5.69 Å². The molecular weight excluding hydrogens is 424 g/mol. The summed E-state index contributed by atoms with van der Waals surface area (Å²) in [5.74, 6) is 0.473. The molecule has 0 spiro atoms. The van der Waals surface area contributed by atoms with Crippen LogP contribution in [0.2, 0.25) is 0 Å². The first-order valence-electron chi connectivity index (χ1n) is 7.57. The molecule has 2 aromatic rings. The van der Waals surface area contributed by atoms with Gasteiger partial charge in [-0.1, -0.05) is 15.9 Å². The van der Waals surface area contributed by atoms with Gasteiger partial charge in [0.05, 0.1) is 25.2 Å². The number of carbonyl (C=O) groups excluding carboxylic acids is 1. The Bertz CT molecular complexity index is 885. The third-order valence-electron chi connectivity index (χ3n) is 3.50. The Morgan fingerprint density at radius 3 is 2.23 bits per heavy atom. The number of hydrogen-bond donors (Lipinski definition) is 2. The summed E-state index contributed by atoms with van der Waals surface area (Å²) in [6.07, 6.45) is 0. The van der Waals surface area contributed by atoms with E-state index in [1.165, 1.54) is 33.3 Å². The molecule has 2 aromatic carbocycles. The van der Waals surface area contributed by atoms with Gasteiger partial charge in [-0.15, -0.1) is 0 Å². The van der Waals surface area contributed by atoms with Gasteiger partial charge in [0.25, 0.3) is 0 Å². The van der Waals surface area contributed by atoms with Crippen molar-refractivity contribution in [1.29, 1.82) is 0 Å². The molecule has 2 N–H and O–H groups in total. The molecule has 26 heavy (non-hydrogen) atoms. The van der Waals surface area contributed by atoms with E-state index in [9.17, 15) is 13.2 Å². The molecule has 1 atom stereocenters. The van der Waals surface area contributed by atoms with E-state index in [-0.39, 0.29) is 4.90 Å². The van der Waals surface area contributed by atoms with E-state index in [0.29, 0.717) is 17.2 Å². The van der Waals surface area contributed by atoms with Crippen LogP contribution in [0, 0.1) is 0 Å². The number of methoxy groups -OCH3 is 2. The van der Waals surface area contributed by atoms with Gasteiger partial charge in [-0.05, 0) is 43.3 Å². The third kappa shape index (κ3) is 4.96. The molecule has 0 aromatic heterocycles. The van der Waals surface area contributed by atoms with Crippen LogP contribution < -0.4 is 19.5 Å². The molecule has 0 bridgehead atoms. The molecule has 0 fully saturated rings. The first-order valence-corrected chi connectivity index (χ1v) is 9.85. The summed E-state index contributed by atoms with van der Waals surface area (Å²) in [4.78, 5) is 12.4. The van der Waals surface area contributed by atoms with E-state index in [1.807, 2.05) is 0 Å². The van der Waals surface area contributed by atoms with Crippen molar-refractivity contribution in [3.63, 3.8) is 0 Å². The van der Waals surface area contributed by atoms with Crippen LogP contribution in [0.5, 0.6) is 11.5 Å². The average Bonchev–Trinajstić information content (AvgIpc) is 2.61. The molecule has 140 valence electrons. The number of sulfonamides is 1. The highest BCUT2D eigenvalue weighted by molar-refractivity contribution is 9.10. The smallest absolute Gasteiger partial charge is 0.242 e. The number of anilines is 1. The SMILES string of the molecule is COc1ccc(NC(=O)[C@@H](C)NS(=O)(=O)c2ccc(Br)cc2)cc1OC. The molecule has 1 amide bonds. The first kappa shape index (κ1) is 20.2. The van der Waals surface area contributed by atoms with E-state index in [4.69, 9.17) is 9.47 Å². The fraction of sp³-hybridized carbons (Fsp3) is 0.235. The number of rotatable bonds is 7. The molecule has 0 aliphatic rings. The second-order valence-corrected chi connectivity index (χ2v) is 7.99. The third-order valence-corrected chi connectivity index (χ3v) is 5.59. The Balaban J connectivity index is 2.09. The summed E-state index contributed by atoms with van der Waals surface area (Å²) in [6.45, 7) is 1.46. The van der Waals surface area contributed by atoms with Crippen LogP contribution in [-0.4, -0.2) is 34.6 Å². The van der Waals surface area contributed by atoms with Crippen molar-refractivity contribution in [3.05, 3.63) is 46.9 Å². The quantitative estimate of drug-likeness (QED) is 0.687. The van der Waals surface area contributed by atoms with Gasteiger partial charge in [-0.2, -0.15) is 4.72 Å². The maximum absolute atomic E-state index is 12.4. The molecule has 7 nitrogen and oxygen atoms in total. The Labute approximate surface area is 160 Å². The Morgan fingerprint density at radius 1 is 1.04 bits per heavy atom. The van der Waals surface area contributed by atoms with Crippen molar-refractivity contribution in [2.45, 2.75) is 17.9 Å². The summed E-state index contributed by atoms with van der Waals surface area (Å²) in [6, 6.07) is 10.0. The number of ether oxygens (including phenoxy) is 2. The zero-order valence-electron chi connectivity index (χ0n) is 14.4. The Hall–Kier alpha value is -2.10. The lowest BCUT2D eigenvalue weighted by Crippen LogP contribution is -2.41. The molecule has 0 heterocycles. The standard InChI is InChI=1S/C17H19BrN2O5S/c1-11(20-26(22,23)14-7-4-12(18)5-8-14)17(21)19-13-6-9-15(24-2)16(10-13)25-3/h4-11,20H,1-3H3,(H,19,21)/t11-/m1/s1. The largest absolute Gasteiger partial charge is 0.493 e. The fourth-order valence-electron chi connectivity index (χ4n) is 2.13. The van der Waals surface area contributed by atoms with E-state index < -0.39 is 22.0 Å². The van der Waals surface area contributed by atoms with Gasteiger partial charge in [0, 0.05) is 16.2 Å². The number of carbonyl (C=O) groups is 1. The van der Waals surface area contributed by atoms with Crippen LogP contribution in [0.3, 0.4) is 0 Å². The van der Waals surface area contributed by atoms with Gasteiger partial charge < -0.3 is 14.8 Å². The van der Waals surface area contributed by atoms with E-state index in [0.717, 1.165) is 4.47 Å². The van der Waals surface area contributed by atoms with Crippen molar-refractivity contribution in [2.75, 3.05) is 19.5 Å². The maximum Gasteiger partial charge on any atom is 0.242 e. The van der Waals surface area contributed by atoms with Crippen LogP contribution in [0.1, 0.15) is 6.92 Å². The average molecular weight is 443 g/mol. The van der Waals surface area contributed by atoms with Crippen molar-refractivity contribution in [2.24, 2.45) is 0 Å². The number of halogens is 1. The zero-order valence-corrected chi connectivity index (χ0v) is 16.8. The highest BCUT2D eigenvalue weighted by Gasteiger charge is 2.22. The lowest BCUT2D eigenvalue weighted by molar-refractivity contribution is -0.117. The van der Waals surface area contributed by atoms with Crippen LogP contribution in [0.25, 0.3) is 0 Å². The highest BCUT2D eigenvalue weighted by Crippen LogP contribution is 2.29. The van der Waals surface area contributed by atoms with Crippen molar-refractivity contribution in [1.82, 2.24) is 4.72 Å². The van der Waals surface area contributed by atoms with Crippen molar-refractivity contribution >= 4 is 37.5 Å². The second-order valence-electron chi connectivity index (χ2n) is 5.36. The molecule has 0 saturated carbocycles. The molecule has 0 radical (unpaired) electrons. The van der Waals surface area contributed by atoms with Gasteiger partial charge >= 0.3 is 0 Å². The summed E-state index contributed by atoms with van der Waals surface area (Å²) in [7, 11) is -0.820. The van der Waals surface area contributed by atoms with Gasteiger partial charge in [0.1, 0.15) is 0 Å². The molecular formula is C17H19BrN2O5S. The number of hydrogen-bond acceptors (Lipinski definition) is 5. The van der Waals surface area contributed by atoms with Crippen LogP contribution >= 0.6 is 15.9 Å². The first-order chi connectivity index (χ1) is 12.3. The molecule has 2 rings (SSSR count). The van der Waals surface area contributed by atoms with Gasteiger partial charge in [0.2, 0.25) is 15.9 Å². The Kier molecular flexibility index (Phi) is 6.63. The fourth-order valence-corrected chi connectivity index (χ4v) is 3.60. The highest BCUT2D eigenvalue weighted by atomic mass is 79.9. The normalized spacial score (nSPS) is 12.3. The lowest BCUT2D eigenvalue weighted by Gasteiger charge is -2.15. The monoisotopic (exact) mass is 442 g/mol.